The van der Waals surface area contributed by atoms with E-state index in [0.717, 1.165) is 25.5 Å². The molecule has 1 atom stereocenters. The summed E-state index contributed by atoms with van der Waals surface area (Å²) >= 11 is 12.1. The van der Waals surface area contributed by atoms with Gasteiger partial charge in [0.15, 0.2) is 5.96 Å². The normalized spacial score (nSPS) is 17.3. The van der Waals surface area contributed by atoms with E-state index in [4.69, 9.17) is 27.9 Å². The number of nitrogens with zero attached hydrogens (tertiary/aromatic N) is 2. The Morgan fingerprint density at radius 2 is 2.19 bits per heavy atom. The summed E-state index contributed by atoms with van der Waals surface area (Å²) in [5, 5.41) is 7.49. The summed E-state index contributed by atoms with van der Waals surface area (Å²) in [6, 6.07) is 5.50. The molecule has 1 heterocycles. The predicted molar refractivity (Wildman–Crippen MR) is 106 cm³/mol. The summed E-state index contributed by atoms with van der Waals surface area (Å²) < 4.78 is 5.65. The highest BCUT2D eigenvalue weighted by molar-refractivity contribution is 6.42. The average molecular weight is 401 g/mol. The number of likely N-dealkylation sites (tertiary alicyclic amines) is 1. The van der Waals surface area contributed by atoms with Gasteiger partial charge in [-0.25, -0.2) is 4.99 Å². The van der Waals surface area contributed by atoms with Gasteiger partial charge < -0.3 is 20.3 Å². The summed E-state index contributed by atoms with van der Waals surface area (Å²) in [6.45, 7) is 7.04. The van der Waals surface area contributed by atoms with Crippen LogP contribution in [0.4, 0.5) is 0 Å². The molecule has 1 aliphatic rings. The number of rotatable bonds is 7. The highest BCUT2D eigenvalue weighted by Crippen LogP contribution is 2.31. The molecule has 1 saturated heterocycles. The van der Waals surface area contributed by atoms with Crippen LogP contribution in [0.5, 0.6) is 5.75 Å². The van der Waals surface area contributed by atoms with Crippen molar-refractivity contribution in [3.05, 3.63) is 28.2 Å². The summed E-state index contributed by atoms with van der Waals surface area (Å²) in [4.78, 5) is 18.2. The molecule has 1 unspecified atom stereocenters. The molecule has 0 aliphatic carbocycles. The van der Waals surface area contributed by atoms with Gasteiger partial charge in [0, 0.05) is 32.1 Å². The number of carbonyl (C=O) groups excluding carboxylic acids is 1. The van der Waals surface area contributed by atoms with Crippen molar-refractivity contribution in [3.63, 3.8) is 0 Å². The number of guanidine groups is 1. The van der Waals surface area contributed by atoms with E-state index in [-0.39, 0.29) is 11.9 Å². The van der Waals surface area contributed by atoms with Crippen LogP contribution in [0.15, 0.2) is 23.2 Å². The van der Waals surface area contributed by atoms with E-state index < -0.39 is 0 Å². The third-order valence-electron chi connectivity index (χ3n) is 4.06. The summed E-state index contributed by atoms with van der Waals surface area (Å²) in [7, 11) is 0. The molecular formula is C18H26Cl2N4O2. The Hall–Kier alpha value is -1.66. The van der Waals surface area contributed by atoms with Gasteiger partial charge in [-0.3, -0.25) is 4.79 Å². The van der Waals surface area contributed by atoms with E-state index in [1.165, 1.54) is 0 Å². The number of halogens is 2. The zero-order valence-electron chi connectivity index (χ0n) is 15.2. The summed E-state index contributed by atoms with van der Waals surface area (Å²) in [5.41, 5.74) is 0. The van der Waals surface area contributed by atoms with Crippen LogP contribution in [0, 0.1) is 0 Å². The van der Waals surface area contributed by atoms with Gasteiger partial charge in [-0.05, 0) is 25.5 Å². The maximum Gasteiger partial charge on any atom is 0.222 e. The molecule has 1 aliphatic heterocycles. The third kappa shape index (κ3) is 5.95. The van der Waals surface area contributed by atoms with Crippen LogP contribution in [0.2, 0.25) is 10.0 Å². The molecule has 0 aromatic heterocycles. The molecule has 2 rings (SSSR count). The van der Waals surface area contributed by atoms with Gasteiger partial charge in [0.2, 0.25) is 5.91 Å². The Morgan fingerprint density at radius 1 is 1.38 bits per heavy atom. The number of aliphatic imine (C=N–C) groups is 1. The van der Waals surface area contributed by atoms with Gasteiger partial charge in [0.25, 0.3) is 0 Å². The van der Waals surface area contributed by atoms with Gasteiger partial charge in [-0.15, -0.1) is 0 Å². The molecule has 144 valence electrons. The van der Waals surface area contributed by atoms with Crippen molar-refractivity contribution in [2.75, 3.05) is 32.8 Å². The molecule has 2 N–H and O–H groups in total. The van der Waals surface area contributed by atoms with Gasteiger partial charge >= 0.3 is 0 Å². The predicted octanol–water partition coefficient (Wildman–Crippen LogP) is 2.94. The minimum atomic E-state index is 0.197. The molecule has 1 amide bonds. The highest BCUT2D eigenvalue weighted by atomic mass is 35.5. The van der Waals surface area contributed by atoms with Crippen molar-refractivity contribution in [2.45, 2.75) is 32.7 Å². The first kappa shape index (κ1) is 20.6. The second-order valence-corrected chi connectivity index (χ2v) is 6.77. The molecule has 1 fully saturated rings. The van der Waals surface area contributed by atoms with E-state index in [9.17, 15) is 4.79 Å². The van der Waals surface area contributed by atoms with Crippen LogP contribution in [0.3, 0.4) is 0 Å². The molecule has 0 bridgehead atoms. The lowest BCUT2D eigenvalue weighted by atomic mass is 10.3. The zero-order valence-corrected chi connectivity index (χ0v) is 16.7. The highest BCUT2D eigenvalue weighted by Gasteiger charge is 2.25. The number of benzene rings is 1. The van der Waals surface area contributed by atoms with Crippen LogP contribution in [0.1, 0.15) is 26.7 Å². The lowest BCUT2D eigenvalue weighted by molar-refractivity contribution is -0.129. The number of nitrogens with one attached hydrogen (secondary N) is 2. The molecule has 1 aromatic rings. The van der Waals surface area contributed by atoms with E-state index in [2.05, 4.69) is 15.6 Å². The molecule has 1 aromatic carbocycles. The minimum Gasteiger partial charge on any atom is -0.490 e. The van der Waals surface area contributed by atoms with E-state index in [0.29, 0.717) is 41.9 Å². The minimum absolute atomic E-state index is 0.197. The van der Waals surface area contributed by atoms with Gasteiger partial charge in [-0.2, -0.15) is 0 Å². The second-order valence-electron chi connectivity index (χ2n) is 5.98. The maximum atomic E-state index is 11.8. The third-order valence-corrected chi connectivity index (χ3v) is 4.86. The standard InChI is InChI=1S/C18H26Cl2N4O2/c1-3-16(25)24-10-8-13(12-24)23-18(21-4-2)22-9-11-26-15-7-5-6-14(19)17(15)20/h5-7,13H,3-4,8-12H2,1-2H3,(H2,21,22,23). The number of hydrogen-bond donors (Lipinski definition) is 2. The van der Waals surface area contributed by atoms with Crippen molar-refractivity contribution < 1.29 is 9.53 Å². The van der Waals surface area contributed by atoms with E-state index in [1.54, 1.807) is 18.2 Å². The second kappa shape index (κ2) is 10.5. The van der Waals surface area contributed by atoms with E-state index >= 15 is 0 Å². The monoisotopic (exact) mass is 400 g/mol. The number of carbonyl (C=O) groups is 1. The van der Waals surface area contributed by atoms with Crippen molar-refractivity contribution in [2.24, 2.45) is 4.99 Å². The smallest absolute Gasteiger partial charge is 0.222 e. The van der Waals surface area contributed by atoms with Crippen molar-refractivity contribution in [3.8, 4) is 5.75 Å². The lowest BCUT2D eigenvalue weighted by Crippen LogP contribution is -2.45. The fraction of sp³-hybridized carbons (Fsp3) is 0.556. The fourth-order valence-corrected chi connectivity index (χ4v) is 3.10. The van der Waals surface area contributed by atoms with Crippen LogP contribution in [0.25, 0.3) is 0 Å². The number of ether oxygens (including phenoxy) is 1. The SMILES string of the molecule is CCNC(=NCCOc1cccc(Cl)c1Cl)NC1CCN(C(=O)CC)C1. The first-order valence-electron chi connectivity index (χ1n) is 8.94. The molecule has 0 saturated carbocycles. The first-order valence-corrected chi connectivity index (χ1v) is 9.70. The Morgan fingerprint density at radius 3 is 2.92 bits per heavy atom. The summed E-state index contributed by atoms with van der Waals surface area (Å²) in [6.07, 6.45) is 1.47. The van der Waals surface area contributed by atoms with Crippen molar-refractivity contribution >= 4 is 35.1 Å². The Bertz CT molecular complexity index is 640. The van der Waals surface area contributed by atoms with Crippen LogP contribution < -0.4 is 15.4 Å². The first-order chi connectivity index (χ1) is 12.5. The Balaban J connectivity index is 1.83. The Labute approximate surface area is 164 Å². The van der Waals surface area contributed by atoms with Gasteiger partial charge in [0.05, 0.1) is 11.6 Å². The molecule has 0 radical (unpaired) electrons. The van der Waals surface area contributed by atoms with Crippen LogP contribution in [-0.4, -0.2) is 55.6 Å². The van der Waals surface area contributed by atoms with Gasteiger partial charge in [-0.1, -0.05) is 36.2 Å². The summed E-state index contributed by atoms with van der Waals surface area (Å²) in [5.74, 6) is 1.48. The molecule has 6 nitrogen and oxygen atoms in total. The van der Waals surface area contributed by atoms with Crippen molar-refractivity contribution in [1.82, 2.24) is 15.5 Å². The lowest BCUT2D eigenvalue weighted by Gasteiger charge is -2.18. The fourth-order valence-electron chi connectivity index (χ4n) is 2.75. The largest absolute Gasteiger partial charge is 0.490 e. The molecule has 26 heavy (non-hydrogen) atoms. The topological polar surface area (TPSA) is 66.0 Å². The van der Waals surface area contributed by atoms with Crippen molar-refractivity contribution in [1.29, 1.82) is 0 Å². The van der Waals surface area contributed by atoms with E-state index in [1.807, 2.05) is 18.7 Å². The zero-order chi connectivity index (χ0) is 18.9. The van der Waals surface area contributed by atoms with Gasteiger partial charge in [0.1, 0.15) is 17.4 Å². The quantitative estimate of drug-likeness (QED) is 0.419. The number of hydrogen-bond acceptors (Lipinski definition) is 3. The van der Waals surface area contributed by atoms with Crippen LogP contribution in [-0.2, 0) is 4.79 Å². The molecular weight excluding hydrogens is 375 g/mol. The van der Waals surface area contributed by atoms with Crippen LogP contribution >= 0.6 is 23.2 Å². The molecule has 0 spiro atoms. The Kier molecular flexibility index (Phi) is 8.32. The average Bonchev–Trinajstić information content (AvgIpc) is 3.10. The number of amides is 1. The molecule has 8 heteroatoms. The maximum absolute atomic E-state index is 11.8.